The molecule has 0 aromatic heterocycles. The lowest BCUT2D eigenvalue weighted by Crippen LogP contribution is -2.12. The van der Waals surface area contributed by atoms with Gasteiger partial charge in [-0.05, 0) is 133 Å². The van der Waals surface area contributed by atoms with E-state index in [0.29, 0.717) is 5.92 Å². The molecule has 0 saturated heterocycles. The molecule has 2 unspecified atom stereocenters. The third-order valence-corrected chi connectivity index (χ3v) is 11.5. The van der Waals surface area contributed by atoms with Crippen LogP contribution < -0.4 is 0 Å². The third-order valence-electron chi connectivity index (χ3n) is 11.5. The minimum absolute atomic E-state index is 0.101. The van der Waals surface area contributed by atoms with Crippen LogP contribution in [-0.2, 0) is 0 Å². The number of benzene rings is 7. The van der Waals surface area contributed by atoms with E-state index in [0.717, 1.165) is 12.8 Å². The molecule has 0 radical (unpaired) electrons. The number of rotatable bonds is 8. The zero-order valence-electron chi connectivity index (χ0n) is 31.7. The van der Waals surface area contributed by atoms with Gasteiger partial charge in [0.1, 0.15) is 0 Å². The molecule has 53 heavy (non-hydrogen) atoms. The number of fused-ring (bicyclic) bond motifs is 4. The predicted octanol–water partition coefficient (Wildman–Crippen LogP) is 15.3. The monoisotopic (exact) mass is 684 g/mol. The van der Waals surface area contributed by atoms with E-state index < -0.39 is 0 Å². The molecule has 0 heterocycles. The van der Waals surface area contributed by atoms with Crippen LogP contribution in [0.25, 0.3) is 65.7 Å². The molecule has 1 aliphatic carbocycles. The first-order valence-corrected chi connectivity index (χ1v) is 19.2. The van der Waals surface area contributed by atoms with Crippen molar-refractivity contribution in [3.8, 4) is 22.3 Å². The van der Waals surface area contributed by atoms with E-state index in [9.17, 15) is 0 Å². The average Bonchev–Trinajstić information content (AvgIpc) is 3.20. The Balaban J connectivity index is 1.12. The SMILES string of the molecule is C/C=C\C(=C/C1(C)C=CC(c2ccc3ccc4ccccc4c3c2)=CC1)c1cccc(-c2cccc(-c3ccc4ccccc4c3C(C)CC)c2C)c1. The Kier molecular flexibility index (Phi) is 9.31. The van der Waals surface area contributed by atoms with Crippen molar-refractivity contribution in [1.29, 1.82) is 0 Å². The smallest absolute Gasteiger partial charge is 0.00799 e. The maximum atomic E-state index is 2.46. The van der Waals surface area contributed by atoms with E-state index in [2.05, 4.69) is 205 Å². The Morgan fingerprint density at radius 3 is 2.11 bits per heavy atom. The molecule has 0 N–H and O–H groups in total. The highest BCUT2D eigenvalue weighted by molar-refractivity contribution is 6.08. The van der Waals surface area contributed by atoms with Crippen LogP contribution in [0.4, 0.5) is 0 Å². The first-order chi connectivity index (χ1) is 25.9. The van der Waals surface area contributed by atoms with Gasteiger partial charge in [0.15, 0.2) is 0 Å². The quantitative estimate of drug-likeness (QED) is 0.110. The molecule has 0 aliphatic heterocycles. The molecule has 0 spiro atoms. The Morgan fingerprint density at radius 2 is 1.36 bits per heavy atom. The van der Waals surface area contributed by atoms with Gasteiger partial charge in [0.05, 0.1) is 0 Å². The van der Waals surface area contributed by atoms with Crippen molar-refractivity contribution in [1.82, 2.24) is 0 Å². The number of hydrogen-bond donors (Lipinski definition) is 0. The standard InChI is InChI=1S/C53H48/c1-6-14-45(35-53(5)31-29-38(30-32-53)43-26-25-41-24-23-39-15-8-10-19-48(39)51(41)34-43)42-17-12-18-44(33-42)46-21-13-22-47(37(46)4)50-28-27-40-16-9-11-20-49(40)52(50)36(3)7-2/h6,8-31,33-36H,7,32H2,1-5H3/b14-6-,45-35+. The van der Waals surface area contributed by atoms with Gasteiger partial charge in [-0.3, -0.25) is 0 Å². The van der Waals surface area contributed by atoms with Crippen molar-refractivity contribution in [2.24, 2.45) is 5.41 Å². The van der Waals surface area contributed by atoms with E-state index in [1.807, 2.05) is 0 Å². The molecule has 7 aromatic rings. The van der Waals surface area contributed by atoms with Gasteiger partial charge in [-0.15, -0.1) is 0 Å². The summed E-state index contributed by atoms with van der Waals surface area (Å²) in [5, 5.41) is 7.87. The molecule has 0 bridgehead atoms. The zero-order chi connectivity index (χ0) is 36.5. The van der Waals surface area contributed by atoms with Crippen LogP contribution in [-0.4, -0.2) is 0 Å². The summed E-state index contributed by atoms with van der Waals surface area (Å²) < 4.78 is 0. The molecule has 0 heteroatoms. The van der Waals surface area contributed by atoms with Crippen molar-refractivity contribution < 1.29 is 0 Å². The van der Waals surface area contributed by atoms with E-state index in [4.69, 9.17) is 0 Å². The molecular formula is C53H48. The summed E-state index contributed by atoms with van der Waals surface area (Å²) in [7, 11) is 0. The van der Waals surface area contributed by atoms with Gasteiger partial charge >= 0.3 is 0 Å². The Bertz CT molecular complexity index is 2620. The van der Waals surface area contributed by atoms with Gasteiger partial charge in [-0.1, -0.05) is 179 Å². The molecule has 1 aliphatic rings. The molecule has 0 fully saturated rings. The van der Waals surface area contributed by atoms with Crippen molar-refractivity contribution in [2.45, 2.75) is 53.4 Å². The molecule has 0 nitrogen and oxygen atoms in total. The fraction of sp³-hybridized carbons (Fsp3) is 0.170. The normalized spacial score (nSPS) is 16.8. The molecule has 2 atom stereocenters. The highest BCUT2D eigenvalue weighted by Gasteiger charge is 2.22. The van der Waals surface area contributed by atoms with E-state index in [1.54, 1.807) is 0 Å². The van der Waals surface area contributed by atoms with Crippen molar-refractivity contribution in [3.63, 3.8) is 0 Å². The third kappa shape index (κ3) is 6.60. The summed E-state index contributed by atoms with van der Waals surface area (Å²) in [6, 6.07) is 49.5. The number of allylic oxidation sites excluding steroid dienone is 8. The molecular weight excluding hydrogens is 637 g/mol. The van der Waals surface area contributed by atoms with E-state index in [-0.39, 0.29) is 5.41 Å². The van der Waals surface area contributed by atoms with Crippen molar-refractivity contribution in [2.75, 3.05) is 0 Å². The number of hydrogen-bond acceptors (Lipinski definition) is 0. The van der Waals surface area contributed by atoms with Gasteiger partial charge in [-0.25, -0.2) is 0 Å². The Hall–Kier alpha value is -5.72. The van der Waals surface area contributed by atoms with E-state index in [1.165, 1.54) is 88.0 Å². The van der Waals surface area contributed by atoms with Gasteiger partial charge in [0.2, 0.25) is 0 Å². The second-order valence-electron chi connectivity index (χ2n) is 15.1. The Labute approximate surface area is 315 Å². The summed E-state index contributed by atoms with van der Waals surface area (Å²) in [6.07, 6.45) is 16.1. The largest absolute Gasteiger partial charge is 0.0871 e. The lowest BCUT2D eigenvalue weighted by molar-refractivity contribution is 0.560. The van der Waals surface area contributed by atoms with Crippen LogP contribution in [0, 0.1) is 12.3 Å². The lowest BCUT2D eigenvalue weighted by Gasteiger charge is -2.26. The molecule has 260 valence electrons. The molecule has 8 rings (SSSR count). The van der Waals surface area contributed by atoms with Crippen LogP contribution >= 0.6 is 0 Å². The van der Waals surface area contributed by atoms with Crippen LogP contribution in [0.2, 0.25) is 0 Å². The molecule has 7 aromatic carbocycles. The average molecular weight is 685 g/mol. The second kappa shape index (κ2) is 14.4. The second-order valence-corrected chi connectivity index (χ2v) is 15.1. The molecule has 0 saturated carbocycles. The minimum Gasteiger partial charge on any atom is -0.0871 e. The zero-order valence-corrected chi connectivity index (χ0v) is 31.7. The summed E-state index contributed by atoms with van der Waals surface area (Å²) in [5.41, 5.74) is 12.9. The van der Waals surface area contributed by atoms with Gasteiger partial charge < -0.3 is 0 Å². The first-order valence-electron chi connectivity index (χ1n) is 19.2. The van der Waals surface area contributed by atoms with Gasteiger partial charge in [-0.2, -0.15) is 0 Å². The lowest BCUT2D eigenvalue weighted by atomic mass is 9.78. The van der Waals surface area contributed by atoms with Gasteiger partial charge in [0.25, 0.3) is 0 Å². The van der Waals surface area contributed by atoms with Crippen LogP contribution in [0.15, 0.2) is 170 Å². The van der Waals surface area contributed by atoms with Gasteiger partial charge in [0, 0.05) is 5.41 Å². The Morgan fingerprint density at radius 1 is 0.679 bits per heavy atom. The van der Waals surface area contributed by atoms with E-state index >= 15 is 0 Å². The fourth-order valence-electron chi connectivity index (χ4n) is 8.38. The summed E-state index contributed by atoms with van der Waals surface area (Å²) in [5.74, 6) is 0.463. The minimum atomic E-state index is -0.101. The highest BCUT2D eigenvalue weighted by Crippen LogP contribution is 2.42. The van der Waals surface area contributed by atoms with Crippen molar-refractivity contribution >= 4 is 43.5 Å². The van der Waals surface area contributed by atoms with Crippen LogP contribution in [0.3, 0.4) is 0 Å². The molecule has 0 amide bonds. The van der Waals surface area contributed by atoms with Crippen molar-refractivity contribution in [3.05, 3.63) is 192 Å². The maximum Gasteiger partial charge on any atom is 0.00799 e. The summed E-state index contributed by atoms with van der Waals surface area (Å²) >= 11 is 0. The van der Waals surface area contributed by atoms with Crippen LogP contribution in [0.1, 0.15) is 68.7 Å². The maximum absolute atomic E-state index is 2.46. The fourth-order valence-corrected chi connectivity index (χ4v) is 8.38. The highest BCUT2D eigenvalue weighted by atomic mass is 14.3. The first kappa shape index (κ1) is 34.4. The van der Waals surface area contributed by atoms with Crippen LogP contribution in [0.5, 0.6) is 0 Å². The summed E-state index contributed by atoms with van der Waals surface area (Å²) in [6.45, 7) is 11.4. The summed E-state index contributed by atoms with van der Waals surface area (Å²) in [4.78, 5) is 0. The predicted molar refractivity (Wildman–Crippen MR) is 232 cm³/mol. The topological polar surface area (TPSA) is 0 Å².